The van der Waals surface area contributed by atoms with E-state index in [9.17, 15) is 14.0 Å². The predicted molar refractivity (Wildman–Crippen MR) is 100.0 cm³/mol. The first kappa shape index (κ1) is 20.2. The maximum absolute atomic E-state index is 13.6. The highest BCUT2D eigenvalue weighted by molar-refractivity contribution is 9.10. The summed E-state index contributed by atoms with van der Waals surface area (Å²) in [7, 11) is 0. The number of anilines is 1. The van der Waals surface area contributed by atoms with Crippen LogP contribution < -0.4 is 10.1 Å². The molecule has 0 aromatic heterocycles. The molecule has 5 nitrogen and oxygen atoms in total. The summed E-state index contributed by atoms with van der Waals surface area (Å²) < 4.78 is 24.2. The Hall–Kier alpha value is -2.12. The zero-order valence-corrected chi connectivity index (χ0v) is 16.4. The van der Waals surface area contributed by atoms with Crippen LogP contribution in [0.25, 0.3) is 0 Å². The molecule has 8 heteroatoms. The summed E-state index contributed by atoms with van der Waals surface area (Å²) >= 11 is 9.02. The average molecular weight is 445 g/mol. The molecule has 2 aromatic rings. The van der Waals surface area contributed by atoms with E-state index in [0.717, 1.165) is 5.56 Å². The summed E-state index contributed by atoms with van der Waals surface area (Å²) in [6, 6.07) is 9.23. The molecule has 0 aliphatic carbocycles. The summed E-state index contributed by atoms with van der Waals surface area (Å²) in [5.41, 5.74) is 1.34. The second-order valence-corrected chi connectivity index (χ2v) is 6.80. The lowest BCUT2D eigenvalue weighted by atomic mass is 10.2. The van der Waals surface area contributed by atoms with Crippen molar-refractivity contribution in [3.63, 3.8) is 0 Å². The van der Waals surface area contributed by atoms with Crippen LogP contribution in [0.4, 0.5) is 10.1 Å². The van der Waals surface area contributed by atoms with Crippen molar-refractivity contribution in [1.29, 1.82) is 0 Å². The van der Waals surface area contributed by atoms with Crippen LogP contribution in [0.3, 0.4) is 0 Å². The lowest BCUT2D eigenvalue weighted by molar-refractivity contribution is -0.155. The van der Waals surface area contributed by atoms with Crippen LogP contribution in [-0.2, 0) is 14.3 Å². The van der Waals surface area contributed by atoms with E-state index in [1.807, 2.05) is 6.92 Å². The van der Waals surface area contributed by atoms with Crippen molar-refractivity contribution < 1.29 is 23.5 Å². The van der Waals surface area contributed by atoms with E-state index in [-0.39, 0.29) is 5.75 Å². The lowest BCUT2D eigenvalue weighted by Crippen LogP contribution is -2.32. The van der Waals surface area contributed by atoms with Crippen LogP contribution >= 0.6 is 27.5 Å². The Bertz CT molecular complexity index is 831. The number of amides is 1. The van der Waals surface area contributed by atoms with Gasteiger partial charge in [-0.25, -0.2) is 9.18 Å². The van der Waals surface area contributed by atoms with Crippen molar-refractivity contribution in [1.82, 2.24) is 0 Å². The first-order valence-electron chi connectivity index (χ1n) is 7.60. The number of esters is 1. The van der Waals surface area contributed by atoms with E-state index in [1.165, 1.54) is 19.1 Å². The van der Waals surface area contributed by atoms with Crippen LogP contribution in [0.2, 0.25) is 5.02 Å². The molecule has 0 bridgehead atoms. The van der Waals surface area contributed by atoms with Gasteiger partial charge in [0, 0.05) is 15.2 Å². The topological polar surface area (TPSA) is 64.6 Å². The van der Waals surface area contributed by atoms with Crippen LogP contribution in [0.5, 0.6) is 5.75 Å². The Morgan fingerprint density at radius 3 is 2.69 bits per heavy atom. The van der Waals surface area contributed by atoms with Crippen molar-refractivity contribution in [2.24, 2.45) is 0 Å². The largest absolute Gasteiger partial charge is 0.479 e. The van der Waals surface area contributed by atoms with E-state index in [0.29, 0.717) is 15.2 Å². The normalized spacial score (nSPS) is 11.6. The molecule has 1 amide bonds. The fourth-order valence-corrected chi connectivity index (χ4v) is 2.48. The van der Waals surface area contributed by atoms with Crippen LogP contribution in [0.1, 0.15) is 12.5 Å². The quantitative estimate of drug-likeness (QED) is 0.666. The summed E-state index contributed by atoms with van der Waals surface area (Å²) in [6.07, 6.45) is -1.06. The summed E-state index contributed by atoms with van der Waals surface area (Å²) in [4.78, 5) is 23.9. The molecule has 0 saturated heterocycles. The molecule has 2 aromatic carbocycles. The first-order chi connectivity index (χ1) is 12.3. The van der Waals surface area contributed by atoms with Gasteiger partial charge in [0.25, 0.3) is 5.91 Å². The van der Waals surface area contributed by atoms with Crippen molar-refractivity contribution in [2.45, 2.75) is 20.0 Å². The molecule has 138 valence electrons. The number of halogens is 3. The van der Waals surface area contributed by atoms with Gasteiger partial charge in [0.05, 0.1) is 0 Å². The van der Waals surface area contributed by atoms with Crippen molar-refractivity contribution >= 4 is 45.1 Å². The number of nitrogens with one attached hydrogen (secondary N) is 1. The van der Waals surface area contributed by atoms with E-state index in [1.54, 1.807) is 24.3 Å². The molecular formula is C18H16BrClFNO4. The molecule has 1 N–H and O–H groups in total. The average Bonchev–Trinajstić information content (AvgIpc) is 2.57. The van der Waals surface area contributed by atoms with Crippen molar-refractivity contribution in [2.75, 3.05) is 11.9 Å². The Kier molecular flexibility index (Phi) is 6.99. The third kappa shape index (κ3) is 5.71. The number of benzene rings is 2. The third-order valence-corrected chi connectivity index (χ3v) is 4.10. The maximum Gasteiger partial charge on any atom is 0.344 e. The van der Waals surface area contributed by atoms with Gasteiger partial charge >= 0.3 is 5.97 Å². The molecular weight excluding hydrogens is 429 g/mol. The highest BCUT2D eigenvalue weighted by Gasteiger charge is 2.19. The molecule has 2 rings (SSSR count). The zero-order chi connectivity index (χ0) is 19.3. The molecule has 26 heavy (non-hydrogen) atoms. The molecule has 0 heterocycles. The lowest BCUT2D eigenvalue weighted by Gasteiger charge is -2.15. The van der Waals surface area contributed by atoms with Crippen LogP contribution in [0.15, 0.2) is 40.9 Å². The van der Waals surface area contributed by atoms with Crippen molar-refractivity contribution in [3.05, 3.63) is 57.3 Å². The number of carbonyl (C=O) groups excluding carboxylic acids is 2. The van der Waals surface area contributed by atoms with Crippen LogP contribution in [-0.4, -0.2) is 24.6 Å². The molecule has 1 unspecified atom stereocenters. The van der Waals surface area contributed by atoms with Gasteiger partial charge in [-0.2, -0.15) is 0 Å². The molecule has 0 radical (unpaired) electrons. The minimum atomic E-state index is -1.06. The second-order valence-electron chi connectivity index (χ2n) is 5.44. The van der Waals surface area contributed by atoms with E-state index < -0.39 is 30.4 Å². The first-order valence-corrected chi connectivity index (χ1v) is 8.77. The molecule has 0 fully saturated rings. The van der Waals surface area contributed by atoms with Gasteiger partial charge in [-0.3, -0.25) is 4.79 Å². The SMILES string of the molecule is Cc1ccc(Cl)cc1NC(=O)C(C)OC(=O)COc1ccc(Br)cc1F. The summed E-state index contributed by atoms with van der Waals surface area (Å²) in [5.74, 6) is -2.01. The summed E-state index contributed by atoms with van der Waals surface area (Å²) in [6.45, 7) is 2.71. The highest BCUT2D eigenvalue weighted by atomic mass is 79.9. The van der Waals surface area contributed by atoms with Gasteiger partial charge < -0.3 is 14.8 Å². The number of carbonyl (C=O) groups is 2. The molecule has 0 spiro atoms. The van der Waals surface area contributed by atoms with Gasteiger partial charge in [-0.05, 0) is 49.7 Å². The minimum absolute atomic E-state index is 0.0863. The van der Waals surface area contributed by atoms with Gasteiger partial charge in [-0.15, -0.1) is 0 Å². The minimum Gasteiger partial charge on any atom is -0.479 e. The van der Waals surface area contributed by atoms with Gasteiger partial charge in [0.15, 0.2) is 24.3 Å². The molecule has 0 aliphatic heterocycles. The van der Waals surface area contributed by atoms with E-state index in [2.05, 4.69) is 21.2 Å². The van der Waals surface area contributed by atoms with Gasteiger partial charge in [-0.1, -0.05) is 33.6 Å². The third-order valence-electron chi connectivity index (χ3n) is 3.37. The monoisotopic (exact) mass is 443 g/mol. The Balaban J connectivity index is 1.87. The number of rotatable bonds is 6. The smallest absolute Gasteiger partial charge is 0.344 e. The van der Waals surface area contributed by atoms with Crippen LogP contribution in [0, 0.1) is 12.7 Å². The molecule has 0 aliphatic rings. The standard InChI is InChI=1S/C18H16BrClFNO4/c1-10-3-5-13(20)8-15(10)22-18(24)11(2)26-17(23)9-25-16-6-4-12(19)7-14(16)21/h3-8,11H,9H2,1-2H3,(H,22,24). The Morgan fingerprint density at radius 1 is 1.27 bits per heavy atom. The second kappa shape index (κ2) is 9.00. The molecule has 1 atom stereocenters. The summed E-state index contributed by atoms with van der Waals surface area (Å²) in [5, 5.41) is 3.11. The molecule has 0 saturated carbocycles. The predicted octanol–water partition coefficient (Wildman–Crippen LogP) is 4.50. The van der Waals surface area contributed by atoms with E-state index >= 15 is 0 Å². The van der Waals surface area contributed by atoms with Crippen molar-refractivity contribution in [3.8, 4) is 5.75 Å². The number of aryl methyl sites for hydroxylation is 1. The highest BCUT2D eigenvalue weighted by Crippen LogP contribution is 2.22. The van der Waals surface area contributed by atoms with Gasteiger partial charge in [0.2, 0.25) is 0 Å². The zero-order valence-electron chi connectivity index (χ0n) is 14.0. The van der Waals surface area contributed by atoms with Gasteiger partial charge in [0.1, 0.15) is 0 Å². The maximum atomic E-state index is 13.6. The fourth-order valence-electron chi connectivity index (χ4n) is 1.98. The number of ether oxygens (including phenoxy) is 2. The number of hydrogen-bond donors (Lipinski definition) is 1. The van der Waals surface area contributed by atoms with E-state index in [4.69, 9.17) is 21.1 Å². The Labute approximate surface area is 163 Å². The number of hydrogen-bond acceptors (Lipinski definition) is 4. The Morgan fingerprint density at radius 2 is 2.00 bits per heavy atom. The fraction of sp³-hybridized carbons (Fsp3) is 0.222.